The quantitative estimate of drug-likeness (QED) is 0.183. The fourth-order valence-corrected chi connectivity index (χ4v) is 3.24. The van der Waals surface area contributed by atoms with Crippen LogP contribution in [0.2, 0.25) is 0 Å². The van der Waals surface area contributed by atoms with Crippen LogP contribution in [0, 0.1) is 0 Å². The number of nitrogens with one attached hydrogen (secondary N) is 4. The molecule has 2 aromatic rings. The number of fused-ring (bicyclic) bond motifs is 1. The highest BCUT2D eigenvalue weighted by Crippen LogP contribution is 2.24. The van der Waals surface area contributed by atoms with Crippen LogP contribution in [0.3, 0.4) is 0 Å². The Balaban J connectivity index is 1.58. The van der Waals surface area contributed by atoms with Crippen molar-refractivity contribution in [1.29, 1.82) is 0 Å². The number of H-pyrrole nitrogens is 1. The van der Waals surface area contributed by atoms with Gasteiger partial charge in [0.1, 0.15) is 30.2 Å². The van der Waals surface area contributed by atoms with Gasteiger partial charge in [0, 0.05) is 13.0 Å². The number of hydrogen-bond acceptors (Lipinski definition) is 11. The fourth-order valence-electron chi connectivity index (χ4n) is 3.24. The lowest BCUT2D eigenvalue weighted by Crippen LogP contribution is -2.66. The van der Waals surface area contributed by atoms with Crippen molar-refractivity contribution < 1.29 is 34.4 Å². The molecular formula is C18H27N7O7. The van der Waals surface area contributed by atoms with E-state index >= 15 is 0 Å². The third-order valence-corrected chi connectivity index (χ3v) is 4.88. The molecule has 1 aliphatic rings. The largest absolute Gasteiger partial charge is 0.394 e. The van der Waals surface area contributed by atoms with E-state index in [0.29, 0.717) is 17.8 Å². The van der Waals surface area contributed by atoms with Gasteiger partial charge < -0.3 is 45.7 Å². The predicted octanol–water partition coefficient (Wildman–Crippen LogP) is -2.77. The molecule has 14 nitrogen and oxygen atoms in total. The van der Waals surface area contributed by atoms with Gasteiger partial charge in [-0.3, -0.25) is 9.59 Å². The molecule has 14 heteroatoms. The number of aromatic nitrogens is 4. The number of aliphatic hydroxyl groups excluding tert-OH is 3. The first-order chi connectivity index (χ1) is 15.4. The number of aliphatic hydroxyl groups is 3. The van der Waals surface area contributed by atoms with Crippen molar-refractivity contribution in [2.75, 3.05) is 31.7 Å². The third-order valence-electron chi connectivity index (χ3n) is 4.88. The molecule has 3 heterocycles. The maximum Gasteiger partial charge on any atom is 0.239 e. The minimum atomic E-state index is -1.48. The molecular weight excluding hydrogens is 426 g/mol. The lowest BCUT2D eigenvalue weighted by molar-refractivity contribution is -0.185. The van der Waals surface area contributed by atoms with E-state index in [1.165, 1.54) is 12.7 Å². The maximum absolute atomic E-state index is 12.2. The van der Waals surface area contributed by atoms with Crippen molar-refractivity contribution in [3.63, 3.8) is 0 Å². The van der Waals surface area contributed by atoms with Gasteiger partial charge in [-0.2, -0.15) is 0 Å². The van der Waals surface area contributed by atoms with Crippen molar-refractivity contribution in [2.24, 2.45) is 0 Å². The highest BCUT2D eigenvalue weighted by molar-refractivity contribution is 5.85. The molecule has 5 atom stereocenters. The van der Waals surface area contributed by atoms with E-state index in [-0.39, 0.29) is 31.3 Å². The molecule has 2 aromatic heterocycles. The zero-order valence-electron chi connectivity index (χ0n) is 17.4. The van der Waals surface area contributed by atoms with Crippen molar-refractivity contribution in [1.82, 2.24) is 30.6 Å². The lowest BCUT2D eigenvalue weighted by Gasteiger charge is -2.42. The highest BCUT2D eigenvalue weighted by atomic mass is 16.5. The summed E-state index contributed by atoms with van der Waals surface area (Å²) in [6.07, 6.45) is -2.33. The van der Waals surface area contributed by atoms with Crippen LogP contribution in [0.15, 0.2) is 12.7 Å². The number of imidazole rings is 1. The third kappa shape index (κ3) is 5.66. The average Bonchev–Trinajstić information content (AvgIpc) is 3.27. The zero-order valence-corrected chi connectivity index (χ0v) is 17.4. The van der Waals surface area contributed by atoms with Gasteiger partial charge in [-0.25, -0.2) is 15.0 Å². The number of carbonyl (C=O) groups is 2. The standard InChI is InChI=1S/C18H27N7O7/c1-2-31-4-3-10(27)19-5-11(28)24-12-9(6-26)32-18(15(30)14(12)29)25-17-13-16(21-7-20-13)22-8-23-17/h7-9,12,14-15,18,26,29-30H,2-6H2,1H3,(H,19,27)(H,24,28)(H2,20,21,22,23,25). The molecule has 176 valence electrons. The smallest absolute Gasteiger partial charge is 0.239 e. The second kappa shape index (κ2) is 11.1. The van der Waals surface area contributed by atoms with E-state index in [1.807, 2.05) is 0 Å². The molecule has 1 saturated heterocycles. The molecule has 0 spiro atoms. The van der Waals surface area contributed by atoms with Crippen molar-refractivity contribution in [3.8, 4) is 0 Å². The zero-order chi connectivity index (χ0) is 23.1. The molecule has 32 heavy (non-hydrogen) atoms. The van der Waals surface area contributed by atoms with Crippen molar-refractivity contribution in [3.05, 3.63) is 12.7 Å². The minimum absolute atomic E-state index is 0.105. The topological polar surface area (TPSA) is 204 Å². The molecule has 0 saturated carbocycles. The number of carbonyl (C=O) groups excluding carboxylic acids is 2. The summed E-state index contributed by atoms with van der Waals surface area (Å²) < 4.78 is 10.7. The molecule has 0 aromatic carbocycles. The predicted molar refractivity (Wildman–Crippen MR) is 109 cm³/mol. The molecule has 1 fully saturated rings. The summed E-state index contributed by atoms with van der Waals surface area (Å²) in [6, 6.07) is -1.11. The Labute approximate surface area is 182 Å². The molecule has 0 bridgehead atoms. The Morgan fingerprint density at radius 2 is 2.03 bits per heavy atom. The Morgan fingerprint density at radius 3 is 2.78 bits per heavy atom. The summed E-state index contributed by atoms with van der Waals surface area (Å²) in [4.78, 5) is 38.8. The number of ether oxygens (including phenoxy) is 2. The normalized spacial score (nSPS) is 25.4. The van der Waals surface area contributed by atoms with Gasteiger partial charge in [0.25, 0.3) is 0 Å². The highest BCUT2D eigenvalue weighted by Gasteiger charge is 2.45. The van der Waals surface area contributed by atoms with Crippen LogP contribution < -0.4 is 16.0 Å². The summed E-state index contributed by atoms with van der Waals surface area (Å²) in [5.74, 6) is -0.709. The van der Waals surface area contributed by atoms with E-state index in [2.05, 4.69) is 35.9 Å². The molecule has 0 aliphatic carbocycles. The van der Waals surface area contributed by atoms with Crippen LogP contribution >= 0.6 is 0 Å². The summed E-state index contributed by atoms with van der Waals surface area (Å²) in [5, 5.41) is 38.6. The first-order valence-corrected chi connectivity index (χ1v) is 10.1. The summed E-state index contributed by atoms with van der Waals surface area (Å²) in [6.45, 7) is 1.64. The fraction of sp³-hybridized carbons (Fsp3) is 0.611. The second-order valence-electron chi connectivity index (χ2n) is 7.04. The second-order valence-corrected chi connectivity index (χ2v) is 7.04. The van der Waals surface area contributed by atoms with Crippen LogP contribution in [0.4, 0.5) is 5.82 Å². The molecule has 1 aliphatic heterocycles. The summed E-state index contributed by atoms with van der Waals surface area (Å²) >= 11 is 0. The van der Waals surface area contributed by atoms with Crippen LogP contribution in [-0.2, 0) is 19.1 Å². The Morgan fingerprint density at radius 1 is 1.22 bits per heavy atom. The van der Waals surface area contributed by atoms with Crippen molar-refractivity contribution in [2.45, 2.75) is 43.9 Å². The van der Waals surface area contributed by atoms with Gasteiger partial charge in [0.2, 0.25) is 11.8 Å². The number of aromatic amines is 1. The van der Waals surface area contributed by atoms with Gasteiger partial charge in [0.15, 0.2) is 17.7 Å². The Hall–Kier alpha value is -2.91. The number of amides is 2. The Bertz CT molecular complexity index is 909. The van der Waals surface area contributed by atoms with Gasteiger partial charge in [-0.15, -0.1) is 0 Å². The van der Waals surface area contributed by atoms with E-state index in [9.17, 15) is 24.9 Å². The number of nitrogens with zero attached hydrogens (tertiary/aromatic N) is 3. The van der Waals surface area contributed by atoms with Gasteiger partial charge >= 0.3 is 0 Å². The summed E-state index contributed by atoms with van der Waals surface area (Å²) in [5.41, 5.74) is 0.856. The van der Waals surface area contributed by atoms with Gasteiger partial charge in [-0.05, 0) is 6.92 Å². The monoisotopic (exact) mass is 453 g/mol. The Kier molecular flexibility index (Phi) is 8.24. The molecule has 5 unspecified atom stereocenters. The number of hydrogen-bond donors (Lipinski definition) is 7. The molecule has 3 rings (SSSR count). The first-order valence-electron chi connectivity index (χ1n) is 10.1. The van der Waals surface area contributed by atoms with E-state index < -0.39 is 43.1 Å². The summed E-state index contributed by atoms with van der Waals surface area (Å²) in [7, 11) is 0. The average molecular weight is 453 g/mol. The molecule has 7 N–H and O–H groups in total. The van der Waals surface area contributed by atoms with Crippen LogP contribution in [0.5, 0.6) is 0 Å². The van der Waals surface area contributed by atoms with Crippen LogP contribution in [0.25, 0.3) is 11.2 Å². The SMILES string of the molecule is CCOCCC(=O)NCC(=O)NC1C(CO)OC(Nc2ncnc3nc[nH]c23)C(O)C1O. The first kappa shape index (κ1) is 23.7. The minimum Gasteiger partial charge on any atom is -0.394 e. The van der Waals surface area contributed by atoms with Crippen LogP contribution in [-0.4, -0.2) is 104 Å². The number of anilines is 1. The lowest BCUT2D eigenvalue weighted by atomic mass is 9.95. The van der Waals surface area contributed by atoms with Gasteiger partial charge in [0.05, 0.1) is 32.1 Å². The maximum atomic E-state index is 12.2. The molecule has 0 radical (unpaired) electrons. The van der Waals surface area contributed by atoms with E-state index in [4.69, 9.17) is 9.47 Å². The van der Waals surface area contributed by atoms with Crippen molar-refractivity contribution >= 4 is 28.8 Å². The van der Waals surface area contributed by atoms with E-state index in [1.54, 1.807) is 6.92 Å². The molecule has 2 amide bonds. The van der Waals surface area contributed by atoms with Crippen LogP contribution in [0.1, 0.15) is 13.3 Å². The van der Waals surface area contributed by atoms with Gasteiger partial charge in [-0.1, -0.05) is 0 Å². The van der Waals surface area contributed by atoms with E-state index in [0.717, 1.165) is 0 Å². The number of rotatable bonds is 10.